The third-order valence-electron chi connectivity index (χ3n) is 3.90. The molecule has 20 heavy (non-hydrogen) atoms. The monoisotopic (exact) mass is 291 g/mol. The van der Waals surface area contributed by atoms with Gasteiger partial charge < -0.3 is 4.98 Å². The Morgan fingerprint density at radius 3 is 2.65 bits per heavy atom. The molecular formula is C14H17N3O2S. The molecule has 0 spiro atoms. The number of aromatic nitrogens is 3. The molecule has 0 aliphatic heterocycles. The van der Waals surface area contributed by atoms with E-state index in [1.807, 2.05) is 6.92 Å². The Kier molecular flexibility index (Phi) is 3.41. The molecule has 6 heteroatoms. The van der Waals surface area contributed by atoms with Crippen molar-refractivity contribution in [2.75, 3.05) is 6.26 Å². The van der Waals surface area contributed by atoms with Gasteiger partial charge in [0.25, 0.3) is 0 Å². The molecule has 0 bridgehead atoms. The first-order valence-electron chi connectivity index (χ1n) is 6.81. The fraction of sp³-hybridized carbons (Fsp3) is 0.500. The molecule has 2 heterocycles. The topological polar surface area (TPSA) is 75.7 Å². The van der Waals surface area contributed by atoms with Gasteiger partial charge in [-0.3, -0.25) is 9.00 Å². The van der Waals surface area contributed by atoms with Gasteiger partial charge in [0.05, 0.1) is 16.5 Å². The minimum Gasteiger partial charge on any atom is -0.306 e. The van der Waals surface area contributed by atoms with Crippen molar-refractivity contribution in [3.05, 3.63) is 27.7 Å². The van der Waals surface area contributed by atoms with Crippen molar-refractivity contribution in [2.24, 2.45) is 0 Å². The molecule has 0 amide bonds. The van der Waals surface area contributed by atoms with Crippen LogP contribution in [0.1, 0.15) is 42.9 Å². The normalized spacial score (nSPS) is 17.7. The highest BCUT2D eigenvalue weighted by atomic mass is 32.2. The van der Waals surface area contributed by atoms with Gasteiger partial charge >= 0.3 is 0 Å². The lowest BCUT2D eigenvalue weighted by atomic mass is 9.98. The predicted octanol–water partition coefficient (Wildman–Crippen LogP) is 2.02. The van der Waals surface area contributed by atoms with Gasteiger partial charge in [-0.15, -0.1) is 0 Å². The molecule has 5 nitrogen and oxygen atoms in total. The van der Waals surface area contributed by atoms with Crippen molar-refractivity contribution < 1.29 is 4.21 Å². The molecule has 1 aliphatic carbocycles. The summed E-state index contributed by atoms with van der Waals surface area (Å²) in [7, 11) is -1.25. The lowest BCUT2D eigenvalue weighted by Gasteiger charge is -2.14. The highest BCUT2D eigenvalue weighted by molar-refractivity contribution is 7.84. The van der Waals surface area contributed by atoms with Gasteiger partial charge in [0.1, 0.15) is 5.65 Å². The van der Waals surface area contributed by atoms with E-state index in [0.717, 1.165) is 29.5 Å². The molecule has 106 valence electrons. The average Bonchev–Trinajstić information content (AvgIpc) is 2.90. The maximum Gasteiger partial charge on any atom is 0.249 e. The summed E-state index contributed by atoms with van der Waals surface area (Å²) < 4.78 is 11.7. The average molecular weight is 291 g/mol. The van der Waals surface area contributed by atoms with Gasteiger partial charge in [0.2, 0.25) is 10.7 Å². The van der Waals surface area contributed by atoms with Crippen molar-refractivity contribution in [1.82, 2.24) is 15.0 Å². The lowest BCUT2D eigenvalue weighted by molar-refractivity contribution is 0.666. The van der Waals surface area contributed by atoms with Crippen molar-refractivity contribution in [2.45, 2.75) is 43.7 Å². The van der Waals surface area contributed by atoms with Crippen LogP contribution in [-0.4, -0.2) is 25.4 Å². The Labute approximate surface area is 119 Å². The summed E-state index contributed by atoms with van der Waals surface area (Å²) in [6, 6.07) is 1.58. The molecule has 1 unspecified atom stereocenters. The van der Waals surface area contributed by atoms with Crippen LogP contribution in [0.15, 0.2) is 16.0 Å². The maximum absolute atomic E-state index is 11.7. The second-order valence-corrected chi connectivity index (χ2v) is 6.64. The summed E-state index contributed by atoms with van der Waals surface area (Å²) in [4.78, 5) is 23.2. The number of rotatable bonds is 2. The van der Waals surface area contributed by atoms with Gasteiger partial charge in [-0.2, -0.15) is 0 Å². The molecule has 2 aromatic rings. The highest BCUT2D eigenvalue weighted by Crippen LogP contribution is 2.36. The smallest absolute Gasteiger partial charge is 0.249 e. The zero-order chi connectivity index (χ0) is 14.3. The molecule has 0 saturated heterocycles. The van der Waals surface area contributed by atoms with Crippen molar-refractivity contribution in [3.63, 3.8) is 0 Å². The molecule has 1 N–H and O–H groups in total. The number of nitrogens with zero attached hydrogens (tertiary/aromatic N) is 2. The zero-order valence-corrected chi connectivity index (χ0v) is 12.4. The summed E-state index contributed by atoms with van der Waals surface area (Å²) in [5.74, 6) is 0.382. The van der Waals surface area contributed by atoms with Crippen LogP contribution in [-0.2, 0) is 10.8 Å². The van der Waals surface area contributed by atoms with Crippen LogP contribution < -0.4 is 5.56 Å². The number of hydrogen-bond acceptors (Lipinski definition) is 4. The van der Waals surface area contributed by atoms with E-state index in [1.165, 1.54) is 12.8 Å². The summed E-state index contributed by atoms with van der Waals surface area (Å²) >= 11 is 0. The molecule has 1 aliphatic rings. The Bertz CT molecular complexity index is 748. The van der Waals surface area contributed by atoms with Gasteiger partial charge in [0.15, 0.2) is 0 Å². The van der Waals surface area contributed by atoms with E-state index in [4.69, 9.17) is 0 Å². The highest BCUT2D eigenvalue weighted by Gasteiger charge is 2.23. The number of fused-ring (bicyclic) bond motifs is 1. The molecule has 1 fully saturated rings. The fourth-order valence-electron chi connectivity index (χ4n) is 2.98. The Morgan fingerprint density at radius 1 is 1.30 bits per heavy atom. The first-order valence-corrected chi connectivity index (χ1v) is 8.37. The number of aryl methyl sites for hydroxylation is 1. The van der Waals surface area contributed by atoms with E-state index >= 15 is 0 Å². The summed E-state index contributed by atoms with van der Waals surface area (Å²) in [6.45, 7) is 1.90. The van der Waals surface area contributed by atoms with Crippen LogP contribution in [0.25, 0.3) is 11.0 Å². The number of nitrogens with one attached hydrogen (secondary N) is 1. The van der Waals surface area contributed by atoms with E-state index in [0.29, 0.717) is 16.7 Å². The van der Waals surface area contributed by atoms with Gasteiger partial charge in [0, 0.05) is 23.6 Å². The maximum atomic E-state index is 11.7. The van der Waals surface area contributed by atoms with E-state index in [-0.39, 0.29) is 5.56 Å². The lowest BCUT2D eigenvalue weighted by Crippen LogP contribution is -2.12. The number of H-pyrrole nitrogens is 1. The molecule has 0 aromatic carbocycles. The molecule has 2 aromatic heterocycles. The van der Waals surface area contributed by atoms with Gasteiger partial charge in [-0.1, -0.05) is 12.8 Å². The van der Waals surface area contributed by atoms with Crippen LogP contribution in [0.2, 0.25) is 0 Å². The Balaban J connectivity index is 2.34. The molecule has 3 rings (SSSR count). The van der Waals surface area contributed by atoms with Crippen LogP contribution in [0.3, 0.4) is 0 Å². The predicted molar refractivity (Wildman–Crippen MR) is 78.4 cm³/mol. The zero-order valence-electron chi connectivity index (χ0n) is 11.6. The molecule has 1 atom stereocenters. The Hall–Kier alpha value is -1.56. The minimum absolute atomic E-state index is 0.182. The van der Waals surface area contributed by atoms with E-state index in [1.54, 1.807) is 12.3 Å². The SMILES string of the molecule is Cc1cc(=O)[nH]c2nc(S(C)=O)nc(C3CCCC3)c12. The minimum atomic E-state index is -1.25. The standard InChI is InChI=1S/C14H17N3O2S/c1-8-7-10(18)15-13-11(8)12(9-5-3-4-6-9)16-14(17-13)20(2)19/h7,9H,3-6H2,1-2H3,(H,15,16,17,18). The van der Waals surface area contributed by atoms with Crippen LogP contribution in [0, 0.1) is 6.92 Å². The number of aromatic amines is 1. The summed E-state index contributed by atoms with van der Waals surface area (Å²) in [5.41, 5.74) is 2.17. The first kappa shape index (κ1) is 13.4. The third kappa shape index (κ3) is 2.28. The van der Waals surface area contributed by atoms with Crippen LogP contribution in [0.4, 0.5) is 0 Å². The second-order valence-electron chi connectivity index (χ2n) is 5.37. The largest absolute Gasteiger partial charge is 0.306 e. The van der Waals surface area contributed by atoms with Gasteiger partial charge in [-0.25, -0.2) is 9.97 Å². The molecule has 0 radical (unpaired) electrons. The molecule has 1 saturated carbocycles. The Morgan fingerprint density at radius 2 is 2.00 bits per heavy atom. The van der Waals surface area contributed by atoms with Gasteiger partial charge in [-0.05, 0) is 25.3 Å². The van der Waals surface area contributed by atoms with E-state index in [9.17, 15) is 9.00 Å². The fourth-order valence-corrected chi connectivity index (χ4v) is 3.43. The van der Waals surface area contributed by atoms with E-state index in [2.05, 4.69) is 15.0 Å². The van der Waals surface area contributed by atoms with Crippen molar-refractivity contribution in [1.29, 1.82) is 0 Å². The van der Waals surface area contributed by atoms with Crippen LogP contribution >= 0.6 is 0 Å². The summed E-state index contributed by atoms with van der Waals surface area (Å²) in [6.07, 6.45) is 6.15. The quantitative estimate of drug-likeness (QED) is 0.859. The second kappa shape index (κ2) is 5.09. The first-order chi connectivity index (χ1) is 9.56. The molecular weight excluding hydrogens is 274 g/mol. The van der Waals surface area contributed by atoms with Crippen LogP contribution in [0.5, 0.6) is 0 Å². The van der Waals surface area contributed by atoms with Crippen molar-refractivity contribution >= 4 is 21.8 Å². The number of pyridine rings is 1. The summed E-state index contributed by atoms with van der Waals surface area (Å²) in [5, 5.41) is 1.23. The van der Waals surface area contributed by atoms with Crippen molar-refractivity contribution in [3.8, 4) is 0 Å². The van der Waals surface area contributed by atoms with E-state index < -0.39 is 10.8 Å². The number of hydrogen-bond donors (Lipinski definition) is 1. The third-order valence-corrected chi connectivity index (χ3v) is 4.60.